The fraction of sp³-hybridized carbons (Fsp3) is 0.714. The Kier molecular flexibility index (Phi) is 7.49. The largest absolute Gasteiger partial charge is 0.463 e. The molecule has 9 nitrogen and oxygen atoms in total. The van der Waals surface area contributed by atoms with Crippen LogP contribution in [0.15, 0.2) is 0 Å². The number of carbonyl (C=O) groups is 4. The number of hydrogen-bond donors (Lipinski definition) is 1. The third-order valence-electron chi connectivity index (χ3n) is 2.97. The smallest absolute Gasteiger partial charge is 0.303 e. The summed E-state index contributed by atoms with van der Waals surface area (Å²) < 4.78 is 25.8. The van der Waals surface area contributed by atoms with Crippen LogP contribution < -0.4 is 0 Å². The molecule has 1 saturated heterocycles. The van der Waals surface area contributed by atoms with Gasteiger partial charge < -0.3 is 23.7 Å². The molecule has 0 aromatic carbocycles. The van der Waals surface area contributed by atoms with E-state index in [0.717, 1.165) is 20.8 Å². The molecule has 0 unspecified atom stereocenters. The molecule has 0 N–H and O–H groups in total. The summed E-state index contributed by atoms with van der Waals surface area (Å²) >= 11 is 4.18. The van der Waals surface area contributed by atoms with Crippen LogP contribution in [0, 0.1) is 0 Å². The molecule has 0 amide bonds. The summed E-state index contributed by atoms with van der Waals surface area (Å²) in [7, 11) is 0. The molecule has 1 fully saturated rings. The van der Waals surface area contributed by atoms with Crippen LogP contribution in [-0.4, -0.2) is 60.3 Å². The highest BCUT2D eigenvalue weighted by Crippen LogP contribution is 2.30. The number of esters is 4. The van der Waals surface area contributed by atoms with E-state index in [1.54, 1.807) is 0 Å². The van der Waals surface area contributed by atoms with Gasteiger partial charge in [-0.25, -0.2) is 0 Å². The molecule has 5 atom stereocenters. The lowest BCUT2D eigenvalue weighted by Gasteiger charge is -2.42. The van der Waals surface area contributed by atoms with Crippen molar-refractivity contribution in [2.24, 2.45) is 0 Å². The van der Waals surface area contributed by atoms with Gasteiger partial charge in [-0.3, -0.25) is 19.2 Å². The molecule has 0 aliphatic carbocycles. The van der Waals surface area contributed by atoms with Crippen molar-refractivity contribution in [1.82, 2.24) is 0 Å². The summed E-state index contributed by atoms with van der Waals surface area (Å²) in [6.45, 7) is 4.42. The van der Waals surface area contributed by atoms with E-state index in [-0.39, 0.29) is 6.61 Å². The average Bonchev–Trinajstić information content (AvgIpc) is 2.42. The summed E-state index contributed by atoms with van der Waals surface area (Å²) in [5.41, 5.74) is -0.981. The molecule has 0 saturated carbocycles. The van der Waals surface area contributed by atoms with E-state index < -0.39 is 53.7 Å². The Morgan fingerprint density at radius 2 is 1.25 bits per heavy atom. The van der Waals surface area contributed by atoms with Gasteiger partial charge in [-0.1, -0.05) is 0 Å². The molecule has 1 aliphatic heterocycles. The van der Waals surface area contributed by atoms with Gasteiger partial charge in [0.15, 0.2) is 18.3 Å². The molecule has 0 spiro atoms. The maximum Gasteiger partial charge on any atom is 0.303 e. The van der Waals surface area contributed by atoms with Gasteiger partial charge in [0, 0.05) is 27.7 Å². The number of thiol groups is 1. The van der Waals surface area contributed by atoms with Crippen LogP contribution in [0.1, 0.15) is 27.7 Å². The first-order valence-electron chi connectivity index (χ1n) is 7.10. The standard InChI is InChI=1S/C14H20O9S/c1-6(15)19-5-10-11(20-7(2)16)12(21-8(3)17)13(14(24)23-10)22-9(4)18/h10-14,24H,5H2,1-4H3/t10-,11+,12-,13-,14-/m0/s1. The minimum absolute atomic E-state index is 0.255. The van der Waals surface area contributed by atoms with Crippen LogP contribution in [0.3, 0.4) is 0 Å². The Labute approximate surface area is 144 Å². The van der Waals surface area contributed by atoms with Crippen LogP contribution >= 0.6 is 12.6 Å². The predicted molar refractivity (Wildman–Crippen MR) is 80.9 cm³/mol. The molecule has 24 heavy (non-hydrogen) atoms. The van der Waals surface area contributed by atoms with E-state index in [2.05, 4.69) is 12.6 Å². The Bertz CT molecular complexity index is 506. The first-order valence-corrected chi connectivity index (χ1v) is 7.62. The van der Waals surface area contributed by atoms with Crippen molar-refractivity contribution in [2.45, 2.75) is 57.5 Å². The number of rotatable bonds is 5. The van der Waals surface area contributed by atoms with Crippen LogP contribution in [-0.2, 0) is 42.9 Å². The fourth-order valence-corrected chi connectivity index (χ4v) is 2.59. The van der Waals surface area contributed by atoms with Crippen molar-refractivity contribution in [2.75, 3.05) is 6.61 Å². The zero-order valence-corrected chi connectivity index (χ0v) is 14.6. The van der Waals surface area contributed by atoms with Gasteiger partial charge in [-0.2, -0.15) is 0 Å². The number of carbonyl (C=O) groups excluding carboxylic acids is 4. The Morgan fingerprint density at radius 1 is 0.792 bits per heavy atom. The Balaban J connectivity index is 3.11. The molecule has 0 aromatic rings. The van der Waals surface area contributed by atoms with Crippen molar-refractivity contribution >= 4 is 36.5 Å². The van der Waals surface area contributed by atoms with Crippen LogP contribution in [0.2, 0.25) is 0 Å². The van der Waals surface area contributed by atoms with Crippen LogP contribution in [0.25, 0.3) is 0 Å². The summed E-state index contributed by atoms with van der Waals surface area (Å²) in [6, 6.07) is 0. The quantitative estimate of drug-likeness (QED) is 0.409. The average molecular weight is 364 g/mol. The minimum Gasteiger partial charge on any atom is -0.463 e. The zero-order chi connectivity index (χ0) is 18.4. The molecule has 1 rings (SSSR count). The summed E-state index contributed by atoms with van der Waals surface area (Å²) in [5, 5.41) is 0. The first-order chi connectivity index (χ1) is 11.1. The molecule has 10 heteroatoms. The number of ether oxygens (including phenoxy) is 5. The Morgan fingerprint density at radius 3 is 1.71 bits per heavy atom. The zero-order valence-electron chi connectivity index (χ0n) is 13.7. The highest BCUT2D eigenvalue weighted by molar-refractivity contribution is 7.80. The van der Waals surface area contributed by atoms with E-state index in [9.17, 15) is 19.2 Å². The van der Waals surface area contributed by atoms with Crippen molar-refractivity contribution < 1.29 is 42.9 Å². The Hall–Kier alpha value is -1.81. The molecule has 0 radical (unpaired) electrons. The van der Waals surface area contributed by atoms with Crippen LogP contribution in [0.5, 0.6) is 0 Å². The van der Waals surface area contributed by atoms with E-state index in [0.29, 0.717) is 0 Å². The molecular formula is C14H20O9S. The lowest BCUT2D eigenvalue weighted by atomic mass is 9.99. The van der Waals surface area contributed by atoms with Gasteiger partial charge >= 0.3 is 23.9 Å². The molecule has 1 aliphatic rings. The van der Waals surface area contributed by atoms with E-state index >= 15 is 0 Å². The van der Waals surface area contributed by atoms with Crippen molar-refractivity contribution in [3.05, 3.63) is 0 Å². The second-order valence-electron chi connectivity index (χ2n) is 5.09. The monoisotopic (exact) mass is 364 g/mol. The summed E-state index contributed by atoms with van der Waals surface area (Å²) in [5.74, 6) is -2.57. The second kappa shape index (κ2) is 8.88. The molecule has 0 bridgehead atoms. The van der Waals surface area contributed by atoms with Gasteiger partial charge in [0.25, 0.3) is 0 Å². The lowest BCUT2D eigenvalue weighted by Crippen LogP contribution is -2.61. The van der Waals surface area contributed by atoms with E-state index in [4.69, 9.17) is 23.7 Å². The van der Waals surface area contributed by atoms with Crippen molar-refractivity contribution in [3.8, 4) is 0 Å². The number of hydrogen-bond acceptors (Lipinski definition) is 10. The maximum atomic E-state index is 11.4. The van der Waals surface area contributed by atoms with Gasteiger partial charge in [0.2, 0.25) is 0 Å². The molecule has 136 valence electrons. The first kappa shape index (κ1) is 20.2. The van der Waals surface area contributed by atoms with Gasteiger partial charge in [-0.05, 0) is 0 Å². The fourth-order valence-electron chi connectivity index (χ4n) is 2.21. The predicted octanol–water partition coefficient (Wildman–Crippen LogP) is -0.000700. The highest BCUT2D eigenvalue weighted by atomic mass is 32.1. The highest BCUT2D eigenvalue weighted by Gasteiger charge is 2.51. The van der Waals surface area contributed by atoms with E-state index in [1.165, 1.54) is 6.92 Å². The topological polar surface area (TPSA) is 114 Å². The van der Waals surface area contributed by atoms with Gasteiger partial charge in [0.1, 0.15) is 18.1 Å². The summed E-state index contributed by atoms with van der Waals surface area (Å²) in [4.78, 5) is 45.1. The lowest BCUT2D eigenvalue weighted by molar-refractivity contribution is -0.237. The van der Waals surface area contributed by atoms with Crippen molar-refractivity contribution in [1.29, 1.82) is 0 Å². The molecular weight excluding hydrogens is 344 g/mol. The van der Waals surface area contributed by atoms with Crippen LogP contribution in [0.4, 0.5) is 0 Å². The minimum atomic E-state index is -1.16. The third kappa shape index (κ3) is 6.00. The van der Waals surface area contributed by atoms with Gasteiger partial charge in [-0.15, -0.1) is 12.6 Å². The summed E-state index contributed by atoms with van der Waals surface area (Å²) in [6.07, 6.45) is -4.35. The third-order valence-corrected chi connectivity index (χ3v) is 3.38. The normalized spacial score (nSPS) is 29.3. The maximum absolute atomic E-state index is 11.4. The van der Waals surface area contributed by atoms with E-state index in [1.807, 2.05) is 0 Å². The SMILES string of the molecule is CC(=O)OC[C@@H]1O[C@@H](S)[C@@H](OC(C)=O)[C@@H](OC(C)=O)[C@@H]1OC(C)=O. The molecule has 1 heterocycles. The van der Waals surface area contributed by atoms with Crippen molar-refractivity contribution in [3.63, 3.8) is 0 Å². The second-order valence-corrected chi connectivity index (χ2v) is 5.60. The molecule has 0 aromatic heterocycles. The van der Waals surface area contributed by atoms with Gasteiger partial charge in [0.05, 0.1) is 0 Å².